The van der Waals surface area contributed by atoms with Crippen molar-refractivity contribution < 1.29 is 18.9 Å². The van der Waals surface area contributed by atoms with Crippen molar-refractivity contribution in [3.05, 3.63) is 70.4 Å². The maximum atomic E-state index is 5.88. The Morgan fingerprint density at radius 3 is 2.93 bits per heavy atom. The second-order valence-electron chi connectivity index (χ2n) is 7.26. The molecule has 8 bridgehead atoms. The molecule has 6 rings (SSSR count). The van der Waals surface area contributed by atoms with Gasteiger partial charge in [0.1, 0.15) is 6.61 Å². The maximum Gasteiger partial charge on any atom is 0.222 e. The van der Waals surface area contributed by atoms with Gasteiger partial charge in [0, 0.05) is 41.7 Å². The Morgan fingerprint density at radius 2 is 2.00 bits per heavy atom. The minimum atomic E-state index is -0.893. The molecule has 8 heteroatoms. The molecule has 1 saturated heterocycles. The summed E-state index contributed by atoms with van der Waals surface area (Å²) in [6.45, 7) is 0.460. The van der Waals surface area contributed by atoms with Crippen molar-refractivity contribution in [2.45, 2.75) is 11.4 Å². The maximum absolute atomic E-state index is 5.88. The number of aromatic amines is 1. The van der Waals surface area contributed by atoms with E-state index in [0.29, 0.717) is 11.7 Å². The van der Waals surface area contributed by atoms with E-state index in [0.717, 1.165) is 27.8 Å². The molecule has 29 heavy (non-hydrogen) atoms. The zero-order chi connectivity index (χ0) is 19.5. The average molecular weight is 390 g/mol. The van der Waals surface area contributed by atoms with Crippen LogP contribution in [0.4, 0.5) is 0 Å². The van der Waals surface area contributed by atoms with Crippen molar-refractivity contribution in [3.8, 4) is 0 Å². The van der Waals surface area contributed by atoms with Gasteiger partial charge in [0.05, 0.1) is 11.4 Å². The Hall–Kier alpha value is -3.36. The number of aromatic nitrogens is 1. The van der Waals surface area contributed by atoms with Gasteiger partial charge in [0.25, 0.3) is 0 Å². The zero-order valence-corrected chi connectivity index (χ0v) is 15.6. The van der Waals surface area contributed by atoms with E-state index in [9.17, 15) is 0 Å². The molecular formula is C21H18N4O4. The number of aliphatic imine (C=N–C) groups is 2. The fourth-order valence-electron chi connectivity index (χ4n) is 3.87. The number of H-pyrrole nitrogens is 1. The van der Waals surface area contributed by atoms with Crippen molar-refractivity contribution in [3.63, 3.8) is 0 Å². The van der Waals surface area contributed by atoms with Gasteiger partial charge in [0.2, 0.25) is 17.3 Å². The normalized spacial score (nSPS) is 31.1. The van der Waals surface area contributed by atoms with Gasteiger partial charge in [-0.15, -0.1) is 0 Å². The first-order valence-corrected chi connectivity index (χ1v) is 9.30. The highest BCUT2D eigenvalue weighted by Crippen LogP contribution is 2.37. The summed E-state index contributed by atoms with van der Waals surface area (Å²) in [4.78, 5) is 12.7. The van der Waals surface area contributed by atoms with Crippen LogP contribution in [0, 0.1) is 0 Å². The predicted octanol–water partition coefficient (Wildman–Crippen LogP) is 0.327. The Bertz CT molecular complexity index is 1220. The summed E-state index contributed by atoms with van der Waals surface area (Å²) < 4.78 is 23.0. The van der Waals surface area contributed by atoms with Crippen LogP contribution in [0.15, 0.2) is 69.7 Å². The van der Waals surface area contributed by atoms with Crippen LogP contribution >= 0.6 is 0 Å². The van der Waals surface area contributed by atoms with Crippen LogP contribution in [0.2, 0.25) is 0 Å². The number of ether oxygens (including phenoxy) is 4. The molecule has 2 N–H and O–H groups in total. The third kappa shape index (κ3) is 2.68. The monoisotopic (exact) mass is 390 g/mol. The number of hydrogen-bond acceptors (Lipinski definition) is 7. The van der Waals surface area contributed by atoms with E-state index in [1.807, 2.05) is 54.7 Å². The molecule has 0 saturated carbocycles. The van der Waals surface area contributed by atoms with E-state index >= 15 is 0 Å². The number of allylic oxidation sites excluding steroid dienone is 3. The second-order valence-corrected chi connectivity index (χ2v) is 7.26. The summed E-state index contributed by atoms with van der Waals surface area (Å²) in [7, 11) is 1.62. The molecule has 5 aliphatic heterocycles. The van der Waals surface area contributed by atoms with Crippen LogP contribution in [0.25, 0.3) is 12.2 Å². The first-order chi connectivity index (χ1) is 14.1. The summed E-state index contributed by atoms with van der Waals surface area (Å²) in [6.07, 6.45) is 13.4. The van der Waals surface area contributed by atoms with Crippen LogP contribution in [0.5, 0.6) is 0 Å². The highest BCUT2D eigenvalue weighted by Gasteiger charge is 2.46. The molecule has 5 aliphatic rings. The summed E-state index contributed by atoms with van der Waals surface area (Å²) in [5, 5.41) is 5.18. The quantitative estimate of drug-likeness (QED) is 0.721. The minimum absolute atomic E-state index is 0.173. The molecule has 0 aromatic carbocycles. The number of fused-ring (bicyclic) bond motifs is 5. The average Bonchev–Trinajstić information content (AvgIpc) is 3.48. The van der Waals surface area contributed by atoms with Crippen LogP contribution < -0.4 is 16.0 Å². The molecule has 8 nitrogen and oxygen atoms in total. The van der Waals surface area contributed by atoms with Crippen LogP contribution in [-0.2, 0) is 18.9 Å². The molecule has 1 fully saturated rings. The van der Waals surface area contributed by atoms with Gasteiger partial charge in [-0.2, -0.15) is 0 Å². The van der Waals surface area contributed by atoms with Crippen molar-refractivity contribution >= 4 is 23.8 Å². The third-order valence-corrected chi connectivity index (χ3v) is 5.29. The lowest BCUT2D eigenvalue weighted by molar-refractivity contribution is 0.00599. The number of rotatable bonds is 1. The minimum Gasteiger partial charge on any atom is -0.472 e. The van der Waals surface area contributed by atoms with E-state index in [1.165, 1.54) is 0 Å². The van der Waals surface area contributed by atoms with E-state index in [-0.39, 0.29) is 13.4 Å². The molecule has 2 atom stereocenters. The Kier molecular flexibility index (Phi) is 3.33. The Balaban J connectivity index is 1.55. The lowest BCUT2D eigenvalue weighted by Gasteiger charge is -2.21. The fourth-order valence-corrected chi connectivity index (χ4v) is 3.87. The summed E-state index contributed by atoms with van der Waals surface area (Å²) in [5.41, 5.74) is 0.631. The molecule has 0 aliphatic carbocycles. The topological polar surface area (TPSA) is 89.5 Å². The highest BCUT2D eigenvalue weighted by molar-refractivity contribution is 6.19. The van der Waals surface area contributed by atoms with Gasteiger partial charge >= 0.3 is 0 Å². The first-order valence-electron chi connectivity index (χ1n) is 9.30. The van der Waals surface area contributed by atoms with E-state index in [2.05, 4.69) is 20.3 Å². The SMILES string of the molecule is COC12C=c3ccc([nH]3)=CC3=NC(=CC45NC(=CC(=N1)OC2)C=C4OCO5)C=C3. The van der Waals surface area contributed by atoms with Gasteiger partial charge in [-0.05, 0) is 36.4 Å². The van der Waals surface area contributed by atoms with Crippen molar-refractivity contribution in [2.24, 2.45) is 9.98 Å². The number of nitrogens with zero attached hydrogens (tertiary/aromatic N) is 2. The number of nitrogens with one attached hydrogen (secondary N) is 2. The molecule has 1 aromatic rings. The van der Waals surface area contributed by atoms with Crippen LogP contribution in [-0.4, -0.2) is 48.6 Å². The molecule has 0 amide bonds. The Morgan fingerprint density at radius 1 is 1.07 bits per heavy atom. The van der Waals surface area contributed by atoms with Crippen LogP contribution in [0.3, 0.4) is 0 Å². The molecule has 6 heterocycles. The lowest BCUT2D eigenvalue weighted by Crippen LogP contribution is -2.39. The van der Waals surface area contributed by atoms with Gasteiger partial charge in [-0.25, -0.2) is 9.98 Å². The smallest absolute Gasteiger partial charge is 0.222 e. The van der Waals surface area contributed by atoms with Gasteiger partial charge in [0.15, 0.2) is 12.6 Å². The van der Waals surface area contributed by atoms with Crippen molar-refractivity contribution in [1.82, 2.24) is 10.3 Å². The predicted molar refractivity (Wildman–Crippen MR) is 106 cm³/mol. The van der Waals surface area contributed by atoms with E-state index in [1.54, 1.807) is 7.11 Å². The molecule has 1 spiro atoms. The Labute approximate surface area is 165 Å². The van der Waals surface area contributed by atoms with Crippen molar-refractivity contribution in [1.29, 1.82) is 0 Å². The molecule has 2 unspecified atom stereocenters. The standard InChI is InChI=1S/C21H18N4O4/c1-26-20-9-15-4-2-13(22-15)6-14-3-5-16(23-14)10-21-18(28-12-29-21)7-17(24-21)8-19(25-20)27-11-20/h2-10,22,24H,11-12H2,1H3. The second kappa shape index (κ2) is 5.82. The first kappa shape index (κ1) is 16.6. The van der Waals surface area contributed by atoms with E-state index in [4.69, 9.17) is 18.9 Å². The molecule has 1 aromatic heterocycles. The van der Waals surface area contributed by atoms with Crippen LogP contribution in [0.1, 0.15) is 0 Å². The lowest BCUT2D eigenvalue weighted by atomic mass is 10.1. The summed E-state index contributed by atoms with van der Waals surface area (Å²) in [5.74, 6) is 1.15. The number of hydrogen-bond donors (Lipinski definition) is 2. The fraction of sp³-hybridized carbons (Fsp3) is 0.238. The summed E-state index contributed by atoms with van der Waals surface area (Å²) in [6, 6.07) is 3.97. The highest BCUT2D eigenvalue weighted by atomic mass is 16.7. The van der Waals surface area contributed by atoms with Gasteiger partial charge < -0.3 is 29.2 Å². The molecule has 146 valence electrons. The molecule has 0 radical (unpaired) electrons. The van der Waals surface area contributed by atoms with Gasteiger partial charge in [-0.1, -0.05) is 0 Å². The zero-order valence-electron chi connectivity index (χ0n) is 15.6. The van der Waals surface area contributed by atoms with Gasteiger partial charge in [-0.3, -0.25) is 0 Å². The van der Waals surface area contributed by atoms with Crippen molar-refractivity contribution in [2.75, 3.05) is 20.5 Å². The van der Waals surface area contributed by atoms with E-state index < -0.39 is 11.4 Å². The number of methoxy groups -OCH3 is 1. The largest absolute Gasteiger partial charge is 0.472 e. The molecular weight excluding hydrogens is 372 g/mol. The summed E-state index contributed by atoms with van der Waals surface area (Å²) >= 11 is 0. The third-order valence-electron chi connectivity index (χ3n) is 5.29.